The number of hydrogen-bond acceptors (Lipinski definition) is 2. The van der Waals surface area contributed by atoms with Gasteiger partial charge < -0.3 is 4.42 Å². The lowest BCUT2D eigenvalue weighted by atomic mass is 9.84. The highest BCUT2D eigenvalue weighted by molar-refractivity contribution is 6.07. The molecule has 0 aliphatic heterocycles. The predicted octanol–water partition coefficient (Wildman–Crippen LogP) is 4.56. The molecule has 0 radical (unpaired) electrons. The molecule has 1 fully saturated rings. The van der Waals surface area contributed by atoms with Gasteiger partial charge in [0.25, 0.3) is 0 Å². The monoisotopic (exact) mass is 254 g/mol. The van der Waals surface area contributed by atoms with Gasteiger partial charge in [-0.05, 0) is 36.5 Å². The maximum Gasteiger partial charge on any atom is 0.228 e. The van der Waals surface area contributed by atoms with Crippen molar-refractivity contribution in [2.75, 3.05) is 0 Å². The molecule has 0 spiro atoms. The van der Waals surface area contributed by atoms with Crippen LogP contribution in [-0.4, -0.2) is 5.78 Å². The Kier molecular flexibility index (Phi) is 3.49. The largest absolute Gasteiger partial charge is 0.461 e. The van der Waals surface area contributed by atoms with Crippen molar-refractivity contribution in [1.29, 1.82) is 0 Å². The van der Waals surface area contributed by atoms with Crippen LogP contribution < -0.4 is 0 Å². The molecule has 2 heteroatoms. The Bertz CT molecular complexity index is 531. The van der Waals surface area contributed by atoms with Crippen LogP contribution in [0.25, 0.3) is 0 Å². The molecule has 98 valence electrons. The van der Waals surface area contributed by atoms with Gasteiger partial charge in [0.15, 0.2) is 5.76 Å². The third-order valence-corrected chi connectivity index (χ3v) is 3.99. The van der Waals surface area contributed by atoms with E-state index in [1.165, 1.54) is 43.9 Å². The minimum absolute atomic E-state index is 0.0415. The van der Waals surface area contributed by atoms with Crippen LogP contribution in [0, 0.1) is 0 Å². The average Bonchev–Trinajstić information content (AvgIpc) is 3.02. The van der Waals surface area contributed by atoms with Gasteiger partial charge >= 0.3 is 0 Å². The van der Waals surface area contributed by atoms with Crippen LogP contribution in [0.1, 0.15) is 59.7 Å². The molecule has 0 saturated heterocycles. The maximum absolute atomic E-state index is 12.1. The van der Waals surface area contributed by atoms with Crippen molar-refractivity contribution < 1.29 is 9.21 Å². The highest BCUT2D eigenvalue weighted by atomic mass is 16.3. The predicted molar refractivity (Wildman–Crippen MR) is 74.4 cm³/mol. The van der Waals surface area contributed by atoms with Gasteiger partial charge in [-0.25, -0.2) is 0 Å². The van der Waals surface area contributed by atoms with Crippen molar-refractivity contribution in [3.8, 4) is 0 Å². The molecule has 0 bridgehead atoms. The van der Waals surface area contributed by atoms with Crippen LogP contribution in [0.5, 0.6) is 0 Å². The van der Waals surface area contributed by atoms with Crippen molar-refractivity contribution in [2.45, 2.75) is 38.0 Å². The van der Waals surface area contributed by atoms with Gasteiger partial charge in [-0.2, -0.15) is 0 Å². The van der Waals surface area contributed by atoms with E-state index >= 15 is 0 Å². The number of ketones is 1. The van der Waals surface area contributed by atoms with E-state index in [4.69, 9.17) is 4.42 Å². The van der Waals surface area contributed by atoms with Crippen molar-refractivity contribution >= 4 is 5.78 Å². The van der Waals surface area contributed by atoms with Gasteiger partial charge in [-0.1, -0.05) is 43.5 Å². The van der Waals surface area contributed by atoms with Gasteiger partial charge in [0.2, 0.25) is 5.78 Å². The summed E-state index contributed by atoms with van der Waals surface area (Å²) in [5.41, 5.74) is 2.07. The van der Waals surface area contributed by atoms with Crippen LogP contribution in [0.15, 0.2) is 47.1 Å². The zero-order valence-electron chi connectivity index (χ0n) is 11.0. The third kappa shape index (κ3) is 2.62. The molecule has 0 N–H and O–H groups in total. The molecule has 2 aromatic rings. The summed E-state index contributed by atoms with van der Waals surface area (Å²) in [6.07, 6.45) is 8.13. The SMILES string of the molecule is O=C(c1ccc(C2CCCCC2)cc1)c1ccco1. The van der Waals surface area contributed by atoms with Crippen molar-refractivity contribution in [2.24, 2.45) is 0 Å². The Morgan fingerprint density at radius 2 is 1.74 bits per heavy atom. The summed E-state index contributed by atoms with van der Waals surface area (Å²) in [7, 11) is 0. The fourth-order valence-corrected chi connectivity index (χ4v) is 2.89. The lowest BCUT2D eigenvalue weighted by Gasteiger charge is -2.21. The summed E-state index contributed by atoms with van der Waals surface area (Å²) in [4.78, 5) is 12.1. The van der Waals surface area contributed by atoms with E-state index in [1.54, 1.807) is 12.1 Å². The van der Waals surface area contributed by atoms with Gasteiger partial charge in [0, 0.05) is 5.56 Å². The number of carbonyl (C=O) groups excluding carboxylic acids is 1. The molecular formula is C17H18O2. The number of carbonyl (C=O) groups is 1. The Balaban J connectivity index is 1.77. The van der Waals surface area contributed by atoms with E-state index in [0.29, 0.717) is 17.2 Å². The second-order valence-electron chi connectivity index (χ2n) is 5.26. The second kappa shape index (κ2) is 5.43. The molecule has 0 atom stereocenters. The second-order valence-corrected chi connectivity index (χ2v) is 5.26. The average molecular weight is 254 g/mol. The lowest BCUT2D eigenvalue weighted by molar-refractivity contribution is 0.101. The molecule has 1 heterocycles. The molecule has 1 aliphatic rings. The minimum atomic E-state index is -0.0415. The molecule has 1 saturated carbocycles. The lowest BCUT2D eigenvalue weighted by Crippen LogP contribution is -2.05. The summed E-state index contributed by atoms with van der Waals surface area (Å²) in [5, 5.41) is 0. The molecule has 0 unspecified atom stereocenters. The minimum Gasteiger partial charge on any atom is -0.461 e. The zero-order valence-corrected chi connectivity index (χ0v) is 11.0. The molecule has 3 rings (SSSR count). The van der Waals surface area contributed by atoms with Crippen molar-refractivity contribution in [1.82, 2.24) is 0 Å². The third-order valence-electron chi connectivity index (χ3n) is 3.99. The summed E-state index contributed by atoms with van der Waals surface area (Å²) in [6, 6.07) is 11.5. The smallest absolute Gasteiger partial charge is 0.228 e. The van der Waals surface area contributed by atoms with E-state index in [2.05, 4.69) is 12.1 Å². The summed E-state index contributed by atoms with van der Waals surface area (Å²) in [5.74, 6) is 1.05. The molecule has 1 aromatic heterocycles. The Hall–Kier alpha value is -1.83. The quantitative estimate of drug-likeness (QED) is 0.752. The first kappa shape index (κ1) is 12.2. The van der Waals surface area contributed by atoms with Crippen LogP contribution in [-0.2, 0) is 0 Å². The van der Waals surface area contributed by atoms with Gasteiger partial charge in [0.05, 0.1) is 6.26 Å². The Labute approximate surface area is 113 Å². The van der Waals surface area contributed by atoms with E-state index in [-0.39, 0.29) is 5.78 Å². The van der Waals surface area contributed by atoms with Crippen LogP contribution in [0.4, 0.5) is 0 Å². The number of benzene rings is 1. The summed E-state index contributed by atoms with van der Waals surface area (Å²) < 4.78 is 5.15. The first-order valence-corrected chi connectivity index (χ1v) is 7.03. The molecule has 1 aromatic carbocycles. The first-order valence-electron chi connectivity index (χ1n) is 7.03. The Morgan fingerprint density at radius 3 is 2.37 bits per heavy atom. The first-order chi connectivity index (χ1) is 9.34. The van der Waals surface area contributed by atoms with Crippen molar-refractivity contribution in [3.05, 3.63) is 59.5 Å². The zero-order chi connectivity index (χ0) is 13.1. The van der Waals surface area contributed by atoms with Crippen LogP contribution in [0.3, 0.4) is 0 Å². The van der Waals surface area contributed by atoms with Gasteiger partial charge in [-0.15, -0.1) is 0 Å². The fourth-order valence-electron chi connectivity index (χ4n) is 2.89. The van der Waals surface area contributed by atoms with E-state index < -0.39 is 0 Å². The molecule has 2 nitrogen and oxygen atoms in total. The maximum atomic E-state index is 12.1. The molecular weight excluding hydrogens is 236 g/mol. The number of hydrogen-bond donors (Lipinski definition) is 0. The number of furan rings is 1. The molecule has 19 heavy (non-hydrogen) atoms. The highest BCUT2D eigenvalue weighted by Crippen LogP contribution is 2.32. The highest BCUT2D eigenvalue weighted by Gasteiger charge is 2.16. The van der Waals surface area contributed by atoms with Crippen LogP contribution >= 0.6 is 0 Å². The standard InChI is InChI=1S/C17H18O2/c18-17(16-7-4-12-19-16)15-10-8-14(9-11-15)13-5-2-1-3-6-13/h4,7-13H,1-3,5-6H2. The normalized spacial score (nSPS) is 16.4. The van der Waals surface area contributed by atoms with Gasteiger partial charge in [-0.3, -0.25) is 4.79 Å². The van der Waals surface area contributed by atoms with E-state index in [0.717, 1.165) is 0 Å². The topological polar surface area (TPSA) is 30.2 Å². The number of rotatable bonds is 3. The van der Waals surface area contributed by atoms with E-state index in [9.17, 15) is 4.79 Å². The van der Waals surface area contributed by atoms with Crippen LogP contribution in [0.2, 0.25) is 0 Å². The molecule has 1 aliphatic carbocycles. The van der Waals surface area contributed by atoms with E-state index in [1.807, 2.05) is 12.1 Å². The molecule has 0 amide bonds. The summed E-state index contributed by atoms with van der Waals surface area (Å²) >= 11 is 0. The summed E-state index contributed by atoms with van der Waals surface area (Å²) in [6.45, 7) is 0. The Morgan fingerprint density at radius 1 is 1.00 bits per heavy atom. The fraction of sp³-hybridized carbons (Fsp3) is 0.353. The van der Waals surface area contributed by atoms with Crippen molar-refractivity contribution in [3.63, 3.8) is 0 Å². The van der Waals surface area contributed by atoms with Gasteiger partial charge in [0.1, 0.15) is 0 Å².